The molecule has 2 N–H and O–H groups in total. The zero-order valence-corrected chi connectivity index (χ0v) is 10.1. The van der Waals surface area contributed by atoms with Crippen molar-refractivity contribution in [2.75, 3.05) is 13.2 Å². The summed E-state index contributed by atoms with van der Waals surface area (Å²) in [6.45, 7) is 11.3. The van der Waals surface area contributed by atoms with Crippen molar-refractivity contribution in [1.82, 2.24) is 0 Å². The van der Waals surface area contributed by atoms with Crippen LogP contribution in [-0.2, 0) is 4.74 Å². The Hall–Kier alpha value is -0.800. The van der Waals surface area contributed by atoms with E-state index in [9.17, 15) is 0 Å². The van der Waals surface area contributed by atoms with E-state index in [0.717, 1.165) is 12.8 Å². The molecule has 3 nitrogen and oxygen atoms in total. The van der Waals surface area contributed by atoms with E-state index in [0.29, 0.717) is 0 Å². The number of ether oxygens (including phenoxy) is 1. The Kier molecular flexibility index (Phi) is 38.4. The molecule has 0 spiro atoms. The van der Waals surface area contributed by atoms with Gasteiger partial charge in [-0.05, 0) is 12.8 Å². The maximum atomic E-state index is 8.09. The van der Waals surface area contributed by atoms with Crippen LogP contribution >= 0.6 is 0 Å². The first-order valence-electron chi connectivity index (χ1n) is 5.33. The highest BCUT2D eigenvalue weighted by atomic mass is 16.5. The summed E-state index contributed by atoms with van der Waals surface area (Å²) in [6, 6.07) is 0. The lowest BCUT2D eigenvalue weighted by molar-refractivity contribution is 0.242. The van der Waals surface area contributed by atoms with Gasteiger partial charge in [0.25, 0.3) is 0 Å². The Morgan fingerprint density at radius 3 is 1.33 bits per heavy atom. The van der Waals surface area contributed by atoms with E-state index in [1.54, 1.807) is 0 Å². The van der Waals surface area contributed by atoms with Crippen molar-refractivity contribution in [3.8, 4) is 0 Å². The van der Waals surface area contributed by atoms with E-state index >= 15 is 0 Å². The molecule has 0 fully saturated rings. The minimum Gasteiger partial charge on any atom is -0.474 e. The van der Waals surface area contributed by atoms with Gasteiger partial charge in [-0.3, -0.25) is 0 Å². The largest absolute Gasteiger partial charge is 0.474 e. The van der Waals surface area contributed by atoms with Crippen molar-refractivity contribution in [2.24, 2.45) is 0 Å². The molecule has 0 saturated carbocycles. The SMILES string of the molecule is C=COC=C.CCCC.OCCCCO. The first-order chi connectivity index (χ1) is 7.24. The van der Waals surface area contributed by atoms with E-state index in [2.05, 4.69) is 31.7 Å². The van der Waals surface area contributed by atoms with Gasteiger partial charge in [-0.1, -0.05) is 39.8 Å². The average molecular weight is 218 g/mol. The highest BCUT2D eigenvalue weighted by Gasteiger charge is 1.77. The fourth-order valence-electron chi connectivity index (χ4n) is 0.292. The molecular weight excluding hydrogens is 192 g/mol. The lowest BCUT2D eigenvalue weighted by Crippen LogP contribution is -1.85. The predicted molar refractivity (Wildman–Crippen MR) is 65.5 cm³/mol. The number of unbranched alkanes of at least 4 members (excludes halogenated alkanes) is 2. The van der Waals surface area contributed by atoms with Crippen LogP contribution in [-0.4, -0.2) is 23.4 Å². The highest BCUT2D eigenvalue weighted by molar-refractivity contribution is 4.57. The first kappa shape index (κ1) is 19.7. The molecule has 0 aromatic rings. The average Bonchev–Trinajstić information content (AvgIpc) is 2.28. The van der Waals surface area contributed by atoms with Gasteiger partial charge in [-0.25, -0.2) is 0 Å². The van der Waals surface area contributed by atoms with Gasteiger partial charge in [0, 0.05) is 13.2 Å². The number of aliphatic hydroxyl groups excluding tert-OH is 2. The lowest BCUT2D eigenvalue weighted by Gasteiger charge is -1.85. The second-order valence-electron chi connectivity index (χ2n) is 2.62. The molecule has 0 atom stereocenters. The Labute approximate surface area is 94.1 Å². The molecule has 0 bridgehead atoms. The molecule has 15 heavy (non-hydrogen) atoms. The summed E-state index contributed by atoms with van der Waals surface area (Å²) in [5, 5.41) is 16.2. The van der Waals surface area contributed by atoms with E-state index in [1.807, 2.05) is 0 Å². The molecule has 0 heterocycles. The summed E-state index contributed by atoms with van der Waals surface area (Å²) in [4.78, 5) is 0. The highest BCUT2D eigenvalue weighted by Crippen LogP contribution is 1.80. The predicted octanol–water partition coefficient (Wildman–Crippen LogP) is 2.85. The summed E-state index contributed by atoms with van der Waals surface area (Å²) in [6.07, 6.45) is 6.70. The minimum absolute atomic E-state index is 0.195. The molecule has 3 heteroatoms. The number of hydrogen-bond donors (Lipinski definition) is 2. The molecule has 0 aliphatic heterocycles. The van der Waals surface area contributed by atoms with Crippen molar-refractivity contribution in [3.63, 3.8) is 0 Å². The van der Waals surface area contributed by atoms with Crippen LogP contribution in [0.2, 0.25) is 0 Å². The fraction of sp³-hybridized carbons (Fsp3) is 0.667. The third-order valence-electron chi connectivity index (χ3n) is 1.26. The van der Waals surface area contributed by atoms with Crippen molar-refractivity contribution in [3.05, 3.63) is 25.7 Å². The molecule has 0 unspecified atom stereocenters. The van der Waals surface area contributed by atoms with Crippen molar-refractivity contribution < 1.29 is 14.9 Å². The normalized spacial score (nSPS) is 7.47. The van der Waals surface area contributed by atoms with Crippen LogP contribution in [0.4, 0.5) is 0 Å². The van der Waals surface area contributed by atoms with Gasteiger partial charge < -0.3 is 14.9 Å². The molecule has 0 aromatic heterocycles. The smallest absolute Gasteiger partial charge is 0.0829 e. The summed E-state index contributed by atoms with van der Waals surface area (Å²) < 4.78 is 4.36. The van der Waals surface area contributed by atoms with E-state index in [-0.39, 0.29) is 13.2 Å². The Balaban J connectivity index is -0.000000147. The third-order valence-corrected chi connectivity index (χ3v) is 1.26. The van der Waals surface area contributed by atoms with Gasteiger partial charge in [-0.15, -0.1) is 0 Å². The second kappa shape index (κ2) is 29.2. The van der Waals surface area contributed by atoms with Crippen LogP contribution in [0, 0.1) is 0 Å². The molecule has 0 rings (SSSR count). The van der Waals surface area contributed by atoms with Crippen LogP contribution in [0.3, 0.4) is 0 Å². The standard InChI is InChI=1S/C4H10O2.C4H6O.C4H10/c5-3-1-2-4-6;1-3-5-4-2;1-3-4-2/h5-6H,1-4H2;3-4H,1-2H2;3-4H2,1-2H3. The van der Waals surface area contributed by atoms with Gasteiger partial charge in [-0.2, -0.15) is 0 Å². The molecule has 0 aliphatic rings. The Bertz CT molecular complexity index is 91.0. The molecule has 0 radical (unpaired) electrons. The summed E-state index contributed by atoms with van der Waals surface area (Å²) >= 11 is 0. The van der Waals surface area contributed by atoms with Crippen LogP contribution in [0.25, 0.3) is 0 Å². The minimum atomic E-state index is 0.195. The first-order valence-corrected chi connectivity index (χ1v) is 5.33. The van der Waals surface area contributed by atoms with Crippen LogP contribution in [0.5, 0.6) is 0 Å². The van der Waals surface area contributed by atoms with Crippen LogP contribution < -0.4 is 0 Å². The zero-order chi connectivity index (χ0) is 12.4. The Morgan fingerprint density at radius 2 is 1.27 bits per heavy atom. The molecular formula is C12H26O3. The van der Waals surface area contributed by atoms with E-state index in [1.165, 1.54) is 25.4 Å². The van der Waals surface area contributed by atoms with Gasteiger partial charge >= 0.3 is 0 Å². The van der Waals surface area contributed by atoms with Gasteiger partial charge in [0.15, 0.2) is 0 Å². The maximum Gasteiger partial charge on any atom is 0.0829 e. The number of aliphatic hydroxyl groups is 2. The quantitative estimate of drug-likeness (QED) is 0.532. The zero-order valence-electron chi connectivity index (χ0n) is 10.1. The van der Waals surface area contributed by atoms with E-state index in [4.69, 9.17) is 10.2 Å². The summed E-state index contributed by atoms with van der Waals surface area (Å²) in [7, 11) is 0. The monoisotopic (exact) mass is 218 g/mol. The van der Waals surface area contributed by atoms with Crippen molar-refractivity contribution >= 4 is 0 Å². The van der Waals surface area contributed by atoms with Crippen molar-refractivity contribution in [1.29, 1.82) is 0 Å². The molecule has 0 aliphatic carbocycles. The summed E-state index contributed by atoms with van der Waals surface area (Å²) in [5.74, 6) is 0. The number of hydrogen-bond acceptors (Lipinski definition) is 3. The molecule has 0 aromatic carbocycles. The Morgan fingerprint density at radius 1 is 0.933 bits per heavy atom. The second-order valence-corrected chi connectivity index (χ2v) is 2.62. The molecule has 0 amide bonds. The topological polar surface area (TPSA) is 49.7 Å². The van der Waals surface area contributed by atoms with Gasteiger partial charge in [0.05, 0.1) is 12.5 Å². The molecule has 92 valence electrons. The van der Waals surface area contributed by atoms with Crippen molar-refractivity contribution in [2.45, 2.75) is 39.5 Å². The van der Waals surface area contributed by atoms with Gasteiger partial charge in [0.1, 0.15) is 0 Å². The van der Waals surface area contributed by atoms with Gasteiger partial charge in [0.2, 0.25) is 0 Å². The lowest BCUT2D eigenvalue weighted by atomic mass is 10.3. The fourth-order valence-corrected chi connectivity index (χ4v) is 0.292. The third kappa shape index (κ3) is 61.2. The molecule has 0 saturated heterocycles. The number of rotatable bonds is 6. The van der Waals surface area contributed by atoms with Crippen LogP contribution in [0.15, 0.2) is 25.7 Å². The summed E-state index contributed by atoms with van der Waals surface area (Å²) in [5.41, 5.74) is 0. The van der Waals surface area contributed by atoms with E-state index < -0.39 is 0 Å². The maximum absolute atomic E-state index is 8.09. The van der Waals surface area contributed by atoms with Crippen LogP contribution in [0.1, 0.15) is 39.5 Å².